The van der Waals surface area contributed by atoms with Crippen LogP contribution in [0.15, 0.2) is 24.4 Å². The summed E-state index contributed by atoms with van der Waals surface area (Å²) in [7, 11) is 1.55. The van der Waals surface area contributed by atoms with Crippen molar-refractivity contribution in [3.8, 4) is 23.7 Å². The van der Waals surface area contributed by atoms with Crippen LogP contribution in [0.25, 0.3) is 17.1 Å². The van der Waals surface area contributed by atoms with Crippen LogP contribution in [0.3, 0.4) is 0 Å². The summed E-state index contributed by atoms with van der Waals surface area (Å²) >= 11 is 0. The zero-order valence-electron chi connectivity index (χ0n) is 17.6. The molecule has 0 spiro atoms. The molecule has 152 valence electrons. The van der Waals surface area contributed by atoms with Gasteiger partial charge in [0.05, 0.1) is 18.1 Å². The maximum Gasteiger partial charge on any atom is 0.148 e. The molecule has 2 aromatic rings. The molecule has 0 saturated carbocycles. The molecule has 1 N–H and O–H groups in total. The predicted molar refractivity (Wildman–Crippen MR) is 115 cm³/mol. The molecule has 0 aliphatic rings. The zero-order chi connectivity index (χ0) is 21.1. The van der Waals surface area contributed by atoms with E-state index in [1.807, 2.05) is 52.0 Å². The van der Waals surface area contributed by atoms with Crippen LogP contribution < -0.4 is 5.48 Å². The Balaban J connectivity index is 2.48. The second kappa shape index (κ2) is 11.8. The summed E-state index contributed by atoms with van der Waals surface area (Å²) in [5.74, 6) is 12.3. The molecular formula is C23H27N3O3. The van der Waals surface area contributed by atoms with Crippen LogP contribution in [0.1, 0.15) is 44.6 Å². The van der Waals surface area contributed by atoms with E-state index in [1.54, 1.807) is 13.3 Å². The lowest BCUT2D eigenvalue weighted by molar-refractivity contribution is 0.116. The van der Waals surface area contributed by atoms with E-state index in [2.05, 4.69) is 34.1 Å². The average molecular weight is 393 g/mol. The van der Waals surface area contributed by atoms with Crippen molar-refractivity contribution in [1.82, 2.24) is 15.4 Å². The van der Waals surface area contributed by atoms with Gasteiger partial charge < -0.3 is 9.47 Å². The Morgan fingerprint density at radius 2 is 1.55 bits per heavy atom. The summed E-state index contributed by atoms with van der Waals surface area (Å²) in [6.07, 6.45) is 3.19. The standard InChI is InChI=1S/C23H27N3O3/c1-6-28-17(3)8-11-20-21(12-9-18(4)29-7-2)26-23-16-19(14-15-24-27-5)10-13-22(23)25-20/h10,13-18,24H,6-7H2,1-5H3. The summed E-state index contributed by atoms with van der Waals surface area (Å²) in [5.41, 5.74) is 6.17. The lowest BCUT2D eigenvalue weighted by atomic mass is 10.1. The van der Waals surface area contributed by atoms with Crippen LogP contribution in [0.4, 0.5) is 0 Å². The van der Waals surface area contributed by atoms with Crippen LogP contribution in [0, 0.1) is 23.7 Å². The van der Waals surface area contributed by atoms with Crippen molar-refractivity contribution in [1.29, 1.82) is 0 Å². The van der Waals surface area contributed by atoms with Gasteiger partial charge in [-0.05, 0) is 63.3 Å². The molecule has 0 saturated heterocycles. The van der Waals surface area contributed by atoms with E-state index in [0.717, 1.165) is 16.6 Å². The number of hydroxylamine groups is 1. The van der Waals surface area contributed by atoms with Crippen molar-refractivity contribution < 1.29 is 14.3 Å². The van der Waals surface area contributed by atoms with E-state index in [9.17, 15) is 0 Å². The lowest BCUT2D eigenvalue weighted by Gasteiger charge is -2.05. The molecule has 0 fully saturated rings. The Kier molecular flexibility index (Phi) is 9.14. The highest BCUT2D eigenvalue weighted by Crippen LogP contribution is 2.16. The molecule has 0 bridgehead atoms. The maximum absolute atomic E-state index is 5.49. The number of fused-ring (bicyclic) bond motifs is 1. The normalized spacial score (nSPS) is 12.7. The van der Waals surface area contributed by atoms with Gasteiger partial charge in [0.15, 0.2) is 0 Å². The Morgan fingerprint density at radius 3 is 2.10 bits per heavy atom. The Labute approximate surface area is 172 Å². The van der Waals surface area contributed by atoms with Gasteiger partial charge in [0.2, 0.25) is 0 Å². The second-order valence-electron chi connectivity index (χ2n) is 6.06. The molecule has 2 rings (SSSR count). The van der Waals surface area contributed by atoms with Crippen LogP contribution in [-0.2, 0) is 14.3 Å². The molecule has 2 atom stereocenters. The van der Waals surface area contributed by atoms with Gasteiger partial charge >= 0.3 is 0 Å². The van der Waals surface area contributed by atoms with Crippen molar-refractivity contribution in [2.45, 2.75) is 39.9 Å². The van der Waals surface area contributed by atoms with E-state index in [-0.39, 0.29) is 12.2 Å². The summed E-state index contributed by atoms with van der Waals surface area (Å²) in [4.78, 5) is 14.2. The van der Waals surface area contributed by atoms with E-state index < -0.39 is 0 Å². The third kappa shape index (κ3) is 7.21. The van der Waals surface area contributed by atoms with Gasteiger partial charge in [-0.2, -0.15) is 0 Å². The molecule has 1 heterocycles. The molecule has 1 aromatic heterocycles. The van der Waals surface area contributed by atoms with Crippen LogP contribution in [0.2, 0.25) is 0 Å². The first-order chi connectivity index (χ1) is 14.1. The third-order valence-electron chi connectivity index (χ3n) is 3.77. The van der Waals surface area contributed by atoms with E-state index in [1.165, 1.54) is 0 Å². The molecule has 1 aromatic carbocycles. The van der Waals surface area contributed by atoms with Gasteiger partial charge in [-0.15, -0.1) is 0 Å². The van der Waals surface area contributed by atoms with Crippen molar-refractivity contribution in [3.63, 3.8) is 0 Å². The molecular weight excluding hydrogens is 366 g/mol. The highest BCUT2D eigenvalue weighted by molar-refractivity contribution is 5.78. The van der Waals surface area contributed by atoms with Gasteiger partial charge in [0.25, 0.3) is 0 Å². The minimum Gasteiger partial charge on any atom is -0.366 e. The van der Waals surface area contributed by atoms with Crippen molar-refractivity contribution >= 4 is 17.1 Å². The fraction of sp³-hybridized carbons (Fsp3) is 0.391. The number of nitrogens with one attached hydrogen (secondary N) is 1. The highest BCUT2D eigenvalue weighted by atomic mass is 16.6. The number of benzene rings is 1. The van der Waals surface area contributed by atoms with Crippen LogP contribution >= 0.6 is 0 Å². The van der Waals surface area contributed by atoms with E-state index in [4.69, 9.17) is 19.3 Å². The largest absolute Gasteiger partial charge is 0.366 e. The molecule has 2 unspecified atom stereocenters. The predicted octanol–water partition coefficient (Wildman–Crippen LogP) is 3.30. The maximum atomic E-state index is 5.49. The lowest BCUT2D eigenvalue weighted by Crippen LogP contribution is -2.06. The van der Waals surface area contributed by atoms with Crippen molar-refractivity contribution in [2.75, 3.05) is 20.3 Å². The smallest absolute Gasteiger partial charge is 0.148 e. The van der Waals surface area contributed by atoms with Gasteiger partial charge in [-0.25, -0.2) is 9.97 Å². The van der Waals surface area contributed by atoms with Gasteiger partial charge in [-0.3, -0.25) is 10.3 Å². The highest BCUT2D eigenvalue weighted by Gasteiger charge is 2.07. The number of nitrogens with zero attached hydrogens (tertiary/aromatic N) is 2. The topological polar surface area (TPSA) is 65.5 Å². The summed E-state index contributed by atoms with van der Waals surface area (Å²) in [5, 5.41) is 0. The third-order valence-corrected chi connectivity index (χ3v) is 3.77. The minimum atomic E-state index is -0.199. The fourth-order valence-electron chi connectivity index (χ4n) is 2.47. The molecule has 0 amide bonds. The summed E-state index contributed by atoms with van der Waals surface area (Å²) < 4.78 is 11.0. The van der Waals surface area contributed by atoms with Crippen molar-refractivity contribution in [3.05, 3.63) is 41.4 Å². The quantitative estimate of drug-likeness (QED) is 0.575. The number of hydrogen-bond donors (Lipinski definition) is 1. The van der Waals surface area contributed by atoms with Gasteiger partial charge in [-0.1, -0.05) is 17.9 Å². The van der Waals surface area contributed by atoms with E-state index >= 15 is 0 Å². The second-order valence-corrected chi connectivity index (χ2v) is 6.06. The molecule has 29 heavy (non-hydrogen) atoms. The Morgan fingerprint density at radius 1 is 0.966 bits per heavy atom. The molecule has 0 aliphatic carbocycles. The monoisotopic (exact) mass is 393 g/mol. The molecule has 0 radical (unpaired) electrons. The first-order valence-corrected chi connectivity index (χ1v) is 9.60. The molecule has 6 nitrogen and oxygen atoms in total. The number of hydrogen-bond acceptors (Lipinski definition) is 6. The number of ether oxygens (including phenoxy) is 2. The Hall–Kier alpha value is -2.90. The Bertz CT molecular complexity index is 964. The number of aromatic nitrogens is 2. The SMILES string of the molecule is CCOC(C)C#Cc1nc2ccc(C=CNOC)cc2nc1C#CC(C)OCC. The van der Waals surface area contributed by atoms with Crippen LogP contribution in [-0.4, -0.2) is 42.5 Å². The van der Waals surface area contributed by atoms with Gasteiger partial charge in [0.1, 0.15) is 23.6 Å². The van der Waals surface area contributed by atoms with E-state index in [0.29, 0.717) is 24.6 Å². The summed E-state index contributed by atoms with van der Waals surface area (Å²) in [6.45, 7) is 8.88. The van der Waals surface area contributed by atoms with Crippen molar-refractivity contribution in [2.24, 2.45) is 0 Å². The number of rotatable bonds is 7. The molecule has 0 aliphatic heterocycles. The average Bonchev–Trinajstić information content (AvgIpc) is 2.71. The first-order valence-electron chi connectivity index (χ1n) is 9.60. The summed E-state index contributed by atoms with van der Waals surface area (Å²) in [6, 6.07) is 5.80. The molecule has 6 heteroatoms. The van der Waals surface area contributed by atoms with Crippen LogP contribution in [0.5, 0.6) is 0 Å². The zero-order valence-corrected chi connectivity index (χ0v) is 17.6. The fourth-order valence-corrected chi connectivity index (χ4v) is 2.47. The minimum absolute atomic E-state index is 0.193. The van der Waals surface area contributed by atoms with Gasteiger partial charge in [0, 0.05) is 19.4 Å². The first kappa shape index (κ1) is 22.4.